The summed E-state index contributed by atoms with van der Waals surface area (Å²) >= 11 is 5.84. The third kappa shape index (κ3) is 2.12. The number of carbonyl (C=O) groups excluding carboxylic acids is 1. The highest BCUT2D eigenvalue weighted by molar-refractivity contribution is 6.53. The van der Waals surface area contributed by atoms with Gasteiger partial charge >= 0.3 is 0 Å². The van der Waals surface area contributed by atoms with Crippen LogP contribution in [0.1, 0.15) is 5.56 Å². The molecule has 2 heterocycles. The van der Waals surface area contributed by atoms with Gasteiger partial charge in [0, 0.05) is 6.54 Å². The highest BCUT2D eigenvalue weighted by atomic mass is 35.5. The molecule has 0 unspecified atom stereocenters. The van der Waals surface area contributed by atoms with Crippen LogP contribution in [0.15, 0.2) is 38.9 Å². The third-order valence-electron chi connectivity index (χ3n) is 3.03. The summed E-state index contributed by atoms with van der Waals surface area (Å²) in [5.74, 6) is -2.19. The van der Waals surface area contributed by atoms with Crippen LogP contribution in [-0.4, -0.2) is 29.4 Å². The van der Waals surface area contributed by atoms with Crippen molar-refractivity contribution in [2.24, 2.45) is 9.98 Å². The average Bonchev–Trinajstić information content (AvgIpc) is 2.79. The van der Waals surface area contributed by atoms with E-state index in [1.807, 2.05) is 0 Å². The Kier molecular flexibility index (Phi) is 3.10. The molecule has 3 rings (SSSR count). The Morgan fingerprint density at radius 1 is 1.30 bits per heavy atom. The van der Waals surface area contributed by atoms with Gasteiger partial charge in [0.15, 0.2) is 11.6 Å². The first kappa shape index (κ1) is 12.9. The maximum atomic E-state index is 13.2. The lowest BCUT2D eigenvalue weighted by Crippen LogP contribution is -2.38. The van der Waals surface area contributed by atoms with Crippen molar-refractivity contribution in [3.63, 3.8) is 0 Å². The summed E-state index contributed by atoms with van der Waals surface area (Å²) in [6, 6.07) is 3.51. The van der Waals surface area contributed by atoms with E-state index in [0.717, 1.165) is 12.1 Å². The number of fused-ring (bicyclic) bond motifs is 1. The summed E-state index contributed by atoms with van der Waals surface area (Å²) in [5, 5.41) is 0.101. The van der Waals surface area contributed by atoms with E-state index in [9.17, 15) is 13.6 Å². The molecule has 0 N–H and O–H groups in total. The Hall–Kier alpha value is -2.08. The zero-order chi connectivity index (χ0) is 14.3. The standard InChI is InChI=1S/C13H8ClF2N3O/c14-12-11-10(4-17-12)18-6-19(13(11)20)5-7-1-2-8(15)9(16)3-7/h1-4H,5-6H2. The van der Waals surface area contributed by atoms with Crippen LogP contribution in [0, 0.1) is 11.6 Å². The van der Waals surface area contributed by atoms with Crippen LogP contribution >= 0.6 is 11.6 Å². The third-order valence-corrected chi connectivity index (χ3v) is 3.32. The smallest absolute Gasteiger partial charge is 0.261 e. The molecule has 0 fully saturated rings. The molecular weight excluding hydrogens is 288 g/mol. The Bertz CT molecular complexity index is 697. The maximum Gasteiger partial charge on any atom is 0.261 e. The second-order valence-electron chi connectivity index (χ2n) is 4.36. The molecule has 0 saturated heterocycles. The van der Waals surface area contributed by atoms with E-state index in [1.54, 1.807) is 0 Å². The van der Waals surface area contributed by atoms with E-state index in [-0.39, 0.29) is 29.8 Å². The molecule has 20 heavy (non-hydrogen) atoms. The number of nitrogens with zero attached hydrogens (tertiary/aromatic N) is 3. The number of hydrogen-bond acceptors (Lipinski definition) is 3. The normalized spacial score (nSPS) is 17.6. The number of carbonyl (C=O) groups is 1. The SMILES string of the molecule is O=C1C2=C(Cl)N=CC2=NCN1Cc1ccc(F)c(F)c1. The van der Waals surface area contributed by atoms with Gasteiger partial charge in [-0.3, -0.25) is 9.79 Å². The van der Waals surface area contributed by atoms with Crippen molar-refractivity contribution in [1.29, 1.82) is 0 Å². The fraction of sp³-hybridized carbons (Fsp3) is 0.154. The minimum atomic E-state index is -0.947. The molecule has 0 bridgehead atoms. The van der Waals surface area contributed by atoms with E-state index in [4.69, 9.17) is 11.6 Å². The van der Waals surface area contributed by atoms with Crippen LogP contribution in [0.25, 0.3) is 0 Å². The molecule has 0 aromatic heterocycles. The second-order valence-corrected chi connectivity index (χ2v) is 4.72. The van der Waals surface area contributed by atoms with Crippen molar-refractivity contribution in [1.82, 2.24) is 4.90 Å². The topological polar surface area (TPSA) is 45.0 Å². The van der Waals surface area contributed by atoms with Crippen molar-refractivity contribution in [3.8, 4) is 0 Å². The quantitative estimate of drug-likeness (QED) is 0.772. The molecule has 102 valence electrons. The number of halogens is 3. The highest BCUT2D eigenvalue weighted by Gasteiger charge is 2.31. The van der Waals surface area contributed by atoms with Crippen molar-refractivity contribution in [3.05, 3.63) is 46.1 Å². The van der Waals surface area contributed by atoms with Gasteiger partial charge in [0.2, 0.25) is 0 Å². The lowest BCUT2D eigenvalue weighted by Gasteiger charge is -2.25. The highest BCUT2D eigenvalue weighted by Crippen LogP contribution is 2.24. The molecular formula is C13H8ClF2N3O. The predicted molar refractivity (Wildman–Crippen MR) is 70.6 cm³/mol. The van der Waals surface area contributed by atoms with Crippen molar-refractivity contribution < 1.29 is 13.6 Å². The summed E-state index contributed by atoms with van der Waals surface area (Å²) in [7, 11) is 0. The van der Waals surface area contributed by atoms with Gasteiger partial charge in [0.25, 0.3) is 5.91 Å². The van der Waals surface area contributed by atoms with Crippen molar-refractivity contribution >= 4 is 29.4 Å². The molecule has 2 aliphatic heterocycles. The van der Waals surface area contributed by atoms with E-state index >= 15 is 0 Å². The van der Waals surface area contributed by atoms with Crippen molar-refractivity contribution in [2.45, 2.75) is 6.54 Å². The van der Waals surface area contributed by atoms with Gasteiger partial charge in [-0.05, 0) is 17.7 Å². The number of rotatable bonds is 2. The number of amides is 1. The van der Waals surface area contributed by atoms with E-state index < -0.39 is 11.6 Å². The first-order chi connectivity index (χ1) is 9.56. The second kappa shape index (κ2) is 4.79. The minimum absolute atomic E-state index is 0.101. The molecule has 0 spiro atoms. The predicted octanol–water partition coefficient (Wildman–Crippen LogP) is 2.24. The van der Waals surface area contributed by atoms with Gasteiger partial charge in [-0.2, -0.15) is 0 Å². The molecule has 1 amide bonds. The molecule has 1 aromatic carbocycles. The first-order valence-corrected chi connectivity index (χ1v) is 6.16. The largest absolute Gasteiger partial charge is 0.315 e. The lowest BCUT2D eigenvalue weighted by molar-refractivity contribution is -0.127. The summed E-state index contributed by atoms with van der Waals surface area (Å²) in [4.78, 5) is 21.6. The van der Waals surface area contributed by atoms with Crippen LogP contribution in [0.3, 0.4) is 0 Å². The van der Waals surface area contributed by atoms with Crippen LogP contribution in [0.4, 0.5) is 8.78 Å². The molecule has 7 heteroatoms. The molecule has 0 radical (unpaired) electrons. The van der Waals surface area contributed by atoms with E-state index in [1.165, 1.54) is 17.2 Å². The van der Waals surface area contributed by atoms with Crippen LogP contribution in [0.5, 0.6) is 0 Å². The molecule has 1 aromatic rings. The average molecular weight is 296 g/mol. The molecule has 2 aliphatic rings. The zero-order valence-corrected chi connectivity index (χ0v) is 10.9. The van der Waals surface area contributed by atoms with Gasteiger partial charge in [-0.25, -0.2) is 13.8 Å². The first-order valence-electron chi connectivity index (χ1n) is 5.78. The van der Waals surface area contributed by atoms with Crippen LogP contribution in [-0.2, 0) is 11.3 Å². The molecule has 4 nitrogen and oxygen atoms in total. The Morgan fingerprint density at radius 2 is 2.10 bits per heavy atom. The van der Waals surface area contributed by atoms with Gasteiger partial charge < -0.3 is 4.90 Å². The van der Waals surface area contributed by atoms with Gasteiger partial charge in [-0.1, -0.05) is 17.7 Å². The molecule has 0 aliphatic carbocycles. The number of hydrogen-bond donors (Lipinski definition) is 0. The molecule has 0 atom stereocenters. The zero-order valence-electron chi connectivity index (χ0n) is 10.1. The van der Waals surface area contributed by atoms with Crippen LogP contribution < -0.4 is 0 Å². The van der Waals surface area contributed by atoms with E-state index in [0.29, 0.717) is 11.3 Å². The van der Waals surface area contributed by atoms with E-state index in [2.05, 4.69) is 9.98 Å². The Morgan fingerprint density at radius 3 is 2.85 bits per heavy atom. The number of aliphatic imine (C=N–C) groups is 2. The fourth-order valence-electron chi connectivity index (χ4n) is 2.03. The Balaban J connectivity index is 1.84. The summed E-state index contributed by atoms with van der Waals surface area (Å²) < 4.78 is 26.0. The van der Waals surface area contributed by atoms with Gasteiger partial charge in [-0.15, -0.1) is 0 Å². The van der Waals surface area contributed by atoms with Crippen LogP contribution in [0.2, 0.25) is 0 Å². The maximum absolute atomic E-state index is 13.2. The number of benzene rings is 1. The fourth-order valence-corrected chi connectivity index (χ4v) is 2.26. The summed E-state index contributed by atoms with van der Waals surface area (Å²) in [5.41, 5.74) is 1.19. The lowest BCUT2D eigenvalue weighted by atomic mass is 10.1. The van der Waals surface area contributed by atoms with Gasteiger partial charge in [0.1, 0.15) is 17.4 Å². The molecule has 0 saturated carbocycles. The summed E-state index contributed by atoms with van der Waals surface area (Å²) in [6.45, 7) is 0.257. The monoisotopic (exact) mass is 295 g/mol. The summed E-state index contributed by atoms with van der Waals surface area (Å²) in [6.07, 6.45) is 1.43. The van der Waals surface area contributed by atoms with Gasteiger partial charge in [0.05, 0.1) is 11.9 Å². The van der Waals surface area contributed by atoms with Crippen molar-refractivity contribution in [2.75, 3.05) is 6.67 Å². The minimum Gasteiger partial charge on any atom is -0.315 e. The Labute approximate surface area is 118 Å².